The molecule has 3 heterocycles. The highest BCUT2D eigenvalue weighted by Gasteiger charge is 2.37. The Balaban J connectivity index is 1.24. The zero-order chi connectivity index (χ0) is 21.4. The van der Waals surface area contributed by atoms with Gasteiger partial charge in [0.15, 0.2) is 12.4 Å². The van der Waals surface area contributed by atoms with Gasteiger partial charge >= 0.3 is 5.91 Å². The van der Waals surface area contributed by atoms with E-state index >= 15 is 0 Å². The van der Waals surface area contributed by atoms with Crippen LogP contribution in [0.15, 0.2) is 65.5 Å². The Labute approximate surface area is 179 Å². The molecule has 4 aliphatic rings. The van der Waals surface area contributed by atoms with Gasteiger partial charge in [-0.05, 0) is 30.2 Å². The number of hydrogen-bond acceptors (Lipinski definition) is 6. The standard InChI is InChI=1S/C23H20N6O2/c24-10-16-3-1-15(2-4-16)5-8-22(30)28-11-18-13-29(14-19(18)12-28)23(31)17-6-7-20-21(9-17)26-27-25-20/h1-6,8,11,13-14,20-21,24H,7,9,12H2,(H-,25,26,30)/p+1/t20?,21-/m1/s1. The molecule has 154 valence electrons. The van der Waals surface area contributed by atoms with Gasteiger partial charge in [0.05, 0.1) is 34.9 Å². The Kier molecular flexibility index (Phi) is 4.92. The summed E-state index contributed by atoms with van der Waals surface area (Å²) in [5.74, 6) is -0.152. The van der Waals surface area contributed by atoms with E-state index in [1.54, 1.807) is 52.2 Å². The maximum absolute atomic E-state index is 12.9. The lowest BCUT2D eigenvalue weighted by molar-refractivity contribution is -0.370. The van der Waals surface area contributed by atoms with Crippen molar-refractivity contribution in [2.45, 2.75) is 24.9 Å². The maximum Gasteiger partial charge on any atom is 0.420 e. The van der Waals surface area contributed by atoms with Crippen molar-refractivity contribution in [2.24, 2.45) is 0 Å². The molecule has 0 aromatic heterocycles. The summed E-state index contributed by atoms with van der Waals surface area (Å²) in [6, 6.07) is 9.61. The summed E-state index contributed by atoms with van der Waals surface area (Å²) in [6.07, 6.45) is 12.1. The first-order chi connectivity index (χ1) is 15.1. The van der Waals surface area contributed by atoms with Crippen molar-refractivity contribution in [1.82, 2.24) is 21.3 Å². The number of nitrogens with zero attached hydrogens (tertiary/aromatic N) is 3. The minimum absolute atomic E-state index is 0.0199. The molecule has 1 aromatic rings. The second kappa shape index (κ2) is 7.89. The summed E-state index contributed by atoms with van der Waals surface area (Å²) in [6.45, 7) is 0.436. The number of hydrogen-bond donors (Lipinski definition) is 3. The van der Waals surface area contributed by atoms with Gasteiger partial charge in [-0.1, -0.05) is 18.2 Å². The van der Waals surface area contributed by atoms with E-state index in [0.29, 0.717) is 24.6 Å². The lowest BCUT2D eigenvalue weighted by Gasteiger charge is -2.21. The van der Waals surface area contributed by atoms with Gasteiger partial charge in [0.1, 0.15) is 0 Å². The lowest BCUT2D eigenvalue weighted by atomic mass is 9.91. The molecule has 31 heavy (non-hydrogen) atoms. The molecule has 3 aliphatic heterocycles. The molecule has 8 heteroatoms. The van der Waals surface area contributed by atoms with E-state index in [1.807, 2.05) is 12.3 Å². The summed E-state index contributed by atoms with van der Waals surface area (Å²) < 4.78 is 1.62. The first-order valence-electron chi connectivity index (χ1n) is 10.1. The zero-order valence-corrected chi connectivity index (χ0v) is 16.7. The molecule has 0 spiro atoms. The monoisotopic (exact) mass is 413 g/mol. The molecule has 0 radical (unpaired) electrons. The van der Waals surface area contributed by atoms with E-state index in [9.17, 15) is 9.59 Å². The average molecular weight is 413 g/mol. The summed E-state index contributed by atoms with van der Waals surface area (Å²) in [4.78, 5) is 27.1. The Morgan fingerprint density at radius 1 is 1.19 bits per heavy atom. The number of carbonyl (C=O) groups is 2. The molecule has 8 nitrogen and oxygen atoms in total. The van der Waals surface area contributed by atoms with Crippen molar-refractivity contribution in [3.63, 3.8) is 0 Å². The van der Waals surface area contributed by atoms with E-state index in [1.165, 1.54) is 6.08 Å². The van der Waals surface area contributed by atoms with Crippen molar-refractivity contribution in [2.75, 3.05) is 6.54 Å². The van der Waals surface area contributed by atoms with Crippen LogP contribution in [0.5, 0.6) is 0 Å². The molecule has 1 saturated heterocycles. The first kappa shape index (κ1) is 19.3. The molecular formula is C23H21N6O2+. The fourth-order valence-electron chi connectivity index (χ4n) is 4.12. The number of carbonyl (C=O) groups excluding carboxylic acids is 2. The molecule has 2 atom stereocenters. The van der Waals surface area contributed by atoms with Crippen LogP contribution in [-0.2, 0) is 9.59 Å². The van der Waals surface area contributed by atoms with Gasteiger partial charge in [0.25, 0.3) is 5.91 Å². The van der Waals surface area contributed by atoms with E-state index in [-0.39, 0.29) is 17.9 Å². The molecule has 2 amide bonds. The van der Waals surface area contributed by atoms with Crippen molar-refractivity contribution in [1.29, 1.82) is 5.26 Å². The molecular weight excluding hydrogens is 392 g/mol. The van der Waals surface area contributed by atoms with E-state index in [4.69, 9.17) is 5.26 Å². The first-order valence-corrected chi connectivity index (χ1v) is 10.1. The van der Waals surface area contributed by atoms with Crippen LogP contribution < -0.4 is 16.4 Å². The van der Waals surface area contributed by atoms with Crippen molar-refractivity contribution in [3.8, 4) is 6.07 Å². The molecule has 1 aromatic carbocycles. The summed E-state index contributed by atoms with van der Waals surface area (Å²) in [5, 5.41) is 8.85. The minimum atomic E-state index is -0.133. The van der Waals surface area contributed by atoms with E-state index < -0.39 is 0 Å². The van der Waals surface area contributed by atoms with Crippen molar-refractivity contribution < 1.29 is 14.2 Å². The minimum Gasteiger partial charge on any atom is -0.310 e. The molecule has 0 saturated carbocycles. The number of rotatable bonds is 3. The summed E-state index contributed by atoms with van der Waals surface area (Å²) in [7, 11) is 0. The topological polar surface area (TPSA) is 100 Å². The van der Waals surface area contributed by atoms with Gasteiger partial charge in [0, 0.05) is 30.8 Å². The van der Waals surface area contributed by atoms with Crippen molar-refractivity contribution in [3.05, 3.63) is 76.7 Å². The third kappa shape index (κ3) is 3.78. The van der Waals surface area contributed by atoms with Crippen LogP contribution in [-0.4, -0.2) is 46.1 Å². The second-order valence-electron chi connectivity index (χ2n) is 7.91. The lowest BCUT2D eigenvalue weighted by Crippen LogP contribution is -2.38. The average Bonchev–Trinajstić information content (AvgIpc) is 3.51. The van der Waals surface area contributed by atoms with Crippen LogP contribution in [0.4, 0.5) is 0 Å². The second-order valence-corrected chi connectivity index (χ2v) is 7.91. The van der Waals surface area contributed by atoms with Gasteiger partial charge in [-0.15, -0.1) is 4.58 Å². The van der Waals surface area contributed by atoms with Crippen LogP contribution in [0.25, 0.3) is 6.08 Å². The highest BCUT2D eigenvalue weighted by atomic mass is 16.2. The molecule has 1 aliphatic carbocycles. The number of hydrazine groups is 2. The Morgan fingerprint density at radius 3 is 2.77 bits per heavy atom. The fraction of sp³-hybridized carbons (Fsp3) is 0.217. The number of nitrogens with one attached hydrogen (secondary N) is 3. The number of fused-ring (bicyclic) bond motifs is 2. The third-order valence-corrected chi connectivity index (χ3v) is 5.89. The normalized spacial score (nSPS) is 24.2. The molecule has 5 rings (SSSR count). The Bertz CT molecular complexity index is 1150. The Hall–Kier alpha value is -3.64. The van der Waals surface area contributed by atoms with Crippen LogP contribution in [0.1, 0.15) is 24.0 Å². The number of nitriles is 1. The molecule has 3 N–H and O–H groups in total. The van der Waals surface area contributed by atoms with Gasteiger partial charge in [0.2, 0.25) is 0 Å². The summed E-state index contributed by atoms with van der Waals surface area (Å²) in [5.41, 5.74) is 13.3. The predicted octanol–water partition coefficient (Wildman–Crippen LogP) is 0.875. The van der Waals surface area contributed by atoms with Crippen LogP contribution >= 0.6 is 0 Å². The predicted molar refractivity (Wildman–Crippen MR) is 114 cm³/mol. The van der Waals surface area contributed by atoms with Crippen LogP contribution in [0, 0.1) is 11.3 Å². The smallest absolute Gasteiger partial charge is 0.310 e. The van der Waals surface area contributed by atoms with E-state index in [2.05, 4.69) is 22.5 Å². The number of benzene rings is 1. The SMILES string of the molecule is N#Cc1ccc(/C=C/C(=O)N2C=C3C=[N+](C(=O)C4=CCC5NNN[C@@H]5C4)C=C3C2)cc1. The third-order valence-electron chi connectivity index (χ3n) is 5.89. The van der Waals surface area contributed by atoms with E-state index in [0.717, 1.165) is 28.7 Å². The molecule has 1 fully saturated rings. The van der Waals surface area contributed by atoms with Crippen LogP contribution in [0.3, 0.4) is 0 Å². The molecule has 1 unspecified atom stereocenters. The van der Waals surface area contributed by atoms with Gasteiger partial charge in [-0.2, -0.15) is 10.8 Å². The van der Waals surface area contributed by atoms with Crippen molar-refractivity contribution >= 4 is 24.1 Å². The zero-order valence-electron chi connectivity index (χ0n) is 16.7. The van der Waals surface area contributed by atoms with Crippen LogP contribution in [0.2, 0.25) is 0 Å². The molecule has 0 bridgehead atoms. The quantitative estimate of drug-likeness (QED) is 0.502. The largest absolute Gasteiger partial charge is 0.420 e. The maximum atomic E-state index is 12.9. The van der Waals surface area contributed by atoms with Gasteiger partial charge in [-0.25, -0.2) is 15.6 Å². The number of amides is 2. The van der Waals surface area contributed by atoms with Gasteiger partial charge < -0.3 is 4.90 Å². The summed E-state index contributed by atoms with van der Waals surface area (Å²) >= 11 is 0. The van der Waals surface area contributed by atoms with Gasteiger partial charge in [-0.3, -0.25) is 4.79 Å². The highest BCUT2D eigenvalue weighted by Crippen LogP contribution is 2.26. The Morgan fingerprint density at radius 2 is 2.00 bits per heavy atom. The highest BCUT2D eigenvalue weighted by molar-refractivity contribution is 5.98. The fourth-order valence-corrected chi connectivity index (χ4v) is 4.12.